The number of aromatic nitrogens is 4. The van der Waals surface area contributed by atoms with E-state index in [-0.39, 0.29) is 0 Å². The molecule has 0 spiro atoms. The van der Waals surface area contributed by atoms with Crippen molar-refractivity contribution in [1.29, 1.82) is 0 Å². The fourth-order valence-electron chi connectivity index (χ4n) is 1.01. The van der Waals surface area contributed by atoms with Crippen LogP contribution in [0.15, 0.2) is 10.5 Å². The van der Waals surface area contributed by atoms with E-state index < -0.39 is 0 Å². The molecule has 0 amide bonds. The van der Waals surface area contributed by atoms with Crippen molar-refractivity contribution in [2.75, 3.05) is 0 Å². The van der Waals surface area contributed by atoms with E-state index in [1.807, 2.05) is 13.8 Å². The van der Waals surface area contributed by atoms with Crippen molar-refractivity contribution in [1.82, 2.24) is 20.2 Å². The van der Waals surface area contributed by atoms with Gasteiger partial charge in [-0.25, -0.2) is 4.98 Å². The van der Waals surface area contributed by atoms with E-state index in [2.05, 4.69) is 25.5 Å². The van der Waals surface area contributed by atoms with Crippen LogP contribution in [0.2, 0.25) is 0 Å². The summed E-state index contributed by atoms with van der Waals surface area (Å²) >= 11 is 3.30. The second kappa shape index (κ2) is 4.10. The average Bonchev–Trinajstić information content (AvgIpc) is 2.72. The lowest BCUT2D eigenvalue weighted by atomic mass is 10.6. The number of hydrogen-bond donors (Lipinski definition) is 1. The highest BCUT2D eigenvalue weighted by Crippen LogP contribution is 2.19. The van der Waals surface area contributed by atoms with E-state index in [4.69, 9.17) is 0 Å². The van der Waals surface area contributed by atoms with E-state index >= 15 is 0 Å². The van der Waals surface area contributed by atoms with E-state index in [9.17, 15) is 0 Å². The topological polar surface area (TPSA) is 54.5 Å². The number of thioether (sulfide) groups is 1. The first-order valence-electron chi connectivity index (χ1n) is 4.17. The number of H-pyrrole nitrogens is 1. The average molecular weight is 226 g/mol. The Morgan fingerprint density at radius 2 is 2.29 bits per heavy atom. The Bertz CT molecular complexity index is 380. The summed E-state index contributed by atoms with van der Waals surface area (Å²) in [4.78, 5) is 7.44. The summed E-state index contributed by atoms with van der Waals surface area (Å²) in [5, 5.41) is 11.9. The number of aryl methyl sites for hydroxylation is 2. The Kier molecular flexibility index (Phi) is 2.83. The minimum atomic E-state index is 0.846. The van der Waals surface area contributed by atoms with E-state index in [0.717, 1.165) is 27.4 Å². The third-order valence-electron chi connectivity index (χ3n) is 1.60. The van der Waals surface area contributed by atoms with Gasteiger partial charge in [-0.1, -0.05) is 11.8 Å². The quantitative estimate of drug-likeness (QED) is 0.815. The van der Waals surface area contributed by atoms with Gasteiger partial charge in [0.15, 0.2) is 5.16 Å². The summed E-state index contributed by atoms with van der Waals surface area (Å²) < 4.78 is 0. The molecule has 0 fully saturated rings. The Balaban J connectivity index is 1.94. The highest BCUT2D eigenvalue weighted by Gasteiger charge is 2.02. The summed E-state index contributed by atoms with van der Waals surface area (Å²) in [7, 11) is 0. The second-order valence-electron chi connectivity index (χ2n) is 2.86. The van der Waals surface area contributed by atoms with Gasteiger partial charge in [-0.15, -0.1) is 21.5 Å². The molecule has 0 aromatic carbocycles. The van der Waals surface area contributed by atoms with E-state index in [1.54, 1.807) is 23.1 Å². The SMILES string of the molecule is Cc1nnc(SCc2csc(C)n2)[nH]1. The first-order chi connectivity index (χ1) is 6.74. The number of rotatable bonds is 3. The molecule has 0 aliphatic carbocycles. The van der Waals surface area contributed by atoms with Crippen molar-refractivity contribution in [3.05, 3.63) is 21.9 Å². The fraction of sp³-hybridized carbons (Fsp3) is 0.375. The molecule has 4 nitrogen and oxygen atoms in total. The number of nitrogens with one attached hydrogen (secondary N) is 1. The molecule has 2 aromatic heterocycles. The number of nitrogens with zero attached hydrogens (tertiary/aromatic N) is 3. The summed E-state index contributed by atoms with van der Waals surface area (Å²) in [6, 6.07) is 0. The molecule has 0 saturated carbocycles. The van der Waals surface area contributed by atoms with Crippen LogP contribution in [-0.4, -0.2) is 20.2 Å². The zero-order valence-electron chi connectivity index (χ0n) is 7.94. The van der Waals surface area contributed by atoms with Gasteiger partial charge in [0.05, 0.1) is 10.7 Å². The predicted octanol–water partition coefficient (Wildman–Crippen LogP) is 2.17. The Morgan fingerprint density at radius 3 is 2.86 bits per heavy atom. The molecule has 2 rings (SSSR count). The minimum Gasteiger partial charge on any atom is -0.320 e. The Morgan fingerprint density at radius 1 is 1.43 bits per heavy atom. The maximum absolute atomic E-state index is 4.37. The standard InChI is InChI=1S/C8H10N4S2/c1-5-9-8(12-11-5)14-4-7-3-13-6(2)10-7/h3H,4H2,1-2H3,(H,9,11,12). The summed E-state index contributed by atoms with van der Waals surface area (Å²) in [6.07, 6.45) is 0. The number of hydrogen-bond acceptors (Lipinski definition) is 5. The van der Waals surface area contributed by atoms with Gasteiger partial charge < -0.3 is 4.98 Å². The normalized spacial score (nSPS) is 10.7. The minimum absolute atomic E-state index is 0.846. The van der Waals surface area contributed by atoms with Crippen LogP contribution < -0.4 is 0 Å². The molecule has 0 radical (unpaired) electrons. The number of aromatic amines is 1. The van der Waals surface area contributed by atoms with E-state index in [0.29, 0.717) is 0 Å². The smallest absolute Gasteiger partial charge is 0.188 e. The van der Waals surface area contributed by atoms with Crippen molar-refractivity contribution in [2.24, 2.45) is 0 Å². The van der Waals surface area contributed by atoms with Crippen LogP contribution in [0.1, 0.15) is 16.5 Å². The van der Waals surface area contributed by atoms with Gasteiger partial charge >= 0.3 is 0 Å². The van der Waals surface area contributed by atoms with Crippen LogP contribution in [0.25, 0.3) is 0 Å². The van der Waals surface area contributed by atoms with Crippen molar-refractivity contribution in [3.8, 4) is 0 Å². The molecule has 2 aromatic rings. The largest absolute Gasteiger partial charge is 0.320 e. The molecular formula is C8H10N4S2. The highest BCUT2D eigenvalue weighted by molar-refractivity contribution is 7.98. The molecule has 0 aliphatic rings. The van der Waals surface area contributed by atoms with E-state index in [1.165, 1.54) is 0 Å². The fourth-order valence-corrected chi connectivity index (χ4v) is 2.48. The second-order valence-corrected chi connectivity index (χ2v) is 4.89. The van der Waals surface area contributed by atoms with Gasteiger partial charge in [0.2, 0.25) is 0 Å². The predicted molar refractivity (Wildman–Crippen MR) is 57.5 cm³/mol. The van der Waals surface area contributed by atoms with Crippen LogP contribution in [-0.2, 0) is 5.75 Å². The monoisotopic (exact) mass is 226 g/mol. The lowest BCUT2D eigenvalue weighted by Crippen LogP contribution is -1.82. The molecule has 74 valence electrons. The highest BCUT2D eigenvalue weighted by atomic mass is 32.2. The molecule has 0 saturated heterocycles. The van der Waals surface area contributed by atoms with Gasteiger partial charge in [-0.3, -0.25) is 0 Å². The van der Waals surface area contributed by atoms with Crippen LogP contribution in [0.3, 0.4) is 0 Å². The van der Waals surface area contributed by atoms with Crippen LogP contribution in [0.5, 0.6) is 0 Å². The molecular weight excluding hydrogens is 216 g/mol. The molecule has 1 N–H and O–H groups in total. The third kappa shape index (κ3) is 2.33. The summed E-state index contributed by atoms with van der Waals surface area (Å²) in [5.41, 5.74) is 1.10. The van der Waals surface area contributed by atoms with Gasteiger partial charge in [0.25, 0.3) is 0 Å². The molecule has 2 heterocycles. The lowest BCUT2D eigenvalue weighted by molar-refractivity contribution is 0.968. The first-order valence-corrected chi connectivity index (χ1v) is 6.03. The maximum Gasteiger partial charge on any atom is 0.188 e. The zero-order valence-corrected chi connectivity index (χ0v) is 9.58. The summed E-state index contributed by atoms with van der Waals surface area (Å²) in [6.45, 7) is 3.90. The first kappa shape index (κ1) is 9.67. The maximum atomic E-state index is 4.37. The molecule has 0 atom stereocenters. The Hall–Kier alpha value is -0.880. The third-order valence-corrected chi connectivity index (χ3v) is 3.32. The van der Waals surface area contributed by atoms with Crippen molar-refractivity contribution in [3.63, 3.8) is 0 Å². The van der Waals surface area contributed by atoms with Crippen molar-refractivity contribution in [2.45, 2.75) is 24.8 Å². The molecule has 6 heteroatoms. The molecule has 0 unspecified atom stereocenters. The summed E-state index contributed by atoms with van der Waals surface area (Å²) in [5.74, 6) is 1.70. The van der Waals surface area contributed by atoms with Gasteiger partial charge in [-0.05, 0) is 13.8 Å². The molecule has 0 aliphatic heterocycles. The number of thiazole rings is 1. The van der Waals surface area contributed by atoms with Crippen molar-refractivity contribution < 1.29 is 0 Å². The van der Waals surface area contributed by atoms with Crippen molar-refractivity contribution >= 4 is 23.1 Å². The zero-order chi connectivity index (χ0) is 9.97. The molecule has 14 heavy (non-hydrogen) atoms. The van der Waals surface area contributed by atoms with Crippen LogP contribution in [0, 0.1) is 13.8 Å². The van der Waals surface area contributed by atoms with Crippen LogP contribution in [0.4, 0.5) is 0 Å². The molecule has 0 bridgehead atoms. The van der Waals surface area contributed by atoms with Crippen LogP contribution >= 0.6 is 23.1 Å². The van der Waals surface area contributed by atoms with Gasteiger partial charge in [0, 0.05) is 11.1 Å². The van der Waals surface area contributed by atoms with Gasteiger partial charge in [0.1, 0.15) is 5.82 Å². The Labute approximate surface area is 90.2 Å². The van der Waals surface area contributed by atoms with Gasteiger partial charge in [-0.2, -0.15) is 0 Å². The lowest BCUT2D eigenvalue weighted by Gasteiger charge is -1.91.